The second-order valence-electron chi connectivity index (χ2n) is 4.14. The van der Waals surface area contributed by atoms with E-state index in [1.165, 1.54) is 0 Å². The lowest BCUT2D eigenvalue weighted by Gasteiger charge is -2.04. The van der Waals surface area contributed by atoms with Crippen molar-refractivity contribution >= 4 is 28.4 Å². The van der Waals surface area contributed by atoms with Gasteiger partial charge in [0.25, 0.3) is 0 Å². The average Bonchev–Trinajstić information content (AvgIpc) is 2.50. The van der Waals surface area contributed by atoms with E-state index in [2.05, 4.69) is 0 Å². The van der Waals surface area contributed by atoms with Gasteiger partial charge >= 0.3 is 6.18 Å². The summed E-state index contributed by atoms with van der Waals surface area (Å²) in [4.78, 5) is 10.9. The highest BCUT2D eigenvalue weighted by atomic mass is 35.5. The van der Waals surface area contributed by atoms with E-state index in [-0.39, 0.29) is 0 Å². The zero-order valence-electron chi connectivity index (χ0n) is 8.03. The van der Waals surface area contributed by atoms with Crippen molar-refractivity contribution in [1.82, 2.24) is 0 Å². The van der Waals surface area contributed by atoms with Crippen LogP contribution in [0, 0.1) is 17.3 Å². The monoisotopic (exact) mass is 260 g/mol. The smallest absolute Gasteiger partial charge is 0.281 e. The molecule has 0 heterocycles. The Morgan fingerprint density at radius 2 is 1.80 bits per heavy atom. The molecule has 0 N–H and O–H groups in total. The van der Waals surface area contributed by atoms with E-state index < -0.39 is 33.7 Å². The highest BCUT2D eigenvalue weighted by molar-refractivity contribution is 6.64. The van der Waals surface area contributed by atoms with Crippen LogP contribution in [0.15, 0.2) is 11.1 Å². The van der Waals surface area contributed by atoms with Gasteiger partial charge in [-0.25, -0.2) is 0 Å². The molecule has 0 saturated heterocycles. The van der Waals surface area contributed by atoms with Gasteiger partial charge in [0.05, 0.1) is 0 Å². The molecule has 0 bridgehead atoms. The lowest BCUT2D eigenvalue weighted by atomic mass is 10.1. The summed E-state index contributed by atoms with van der Waals surface area (Å²) in [5.74, 6) is -1.10. The third-order valence-electron chi connectivity index (χ3n) is 2.75. The van der Waals surface area contributed by atoms with Gasteiger partial charge in [0.15, 0.2) is 0 Å². The molecule has 0 amide bonds. The number of halogens is 5. The van der Waals surface area contributed by atoms with Crippen molar-refractivity contribution in [1.29, 1.82) is 0 Å². The first-order valence-corrected chi connectivity index (χ1v) is 4.98. The van der Waals surface area contributed by atoms with E-state index in [9.17, 15) is 18.0 Å². The number of hydrogen-bond acceptors (Lipinski definition) is 1. The van der Waals surface area contributed by atoms with Crippen LogP contribution in [-0.2, 0) is 4.79 Å². The highest BCUT2D eigenvalue weighted by Crippen LogP contribution is 2.60. The van der Waals surface area contributed by atoms with E-state index in [1.54, 1.807) is 13.8 Å². The fraction of sp³-hybridized carbons (Fsp3) is 0.667. The summed E-state index contributed by atoms with van der Waals surface area (Å²) in [5, 5.41) is -1.81. The second-order valence-corrected chi connectivity index (χ2v) is 4.92. The van der Waals surface area contributed by atoms with Gasteiger partial charge in [0.1, 0.15) is 5.03 Å². The topological polar surface area (TPSA) is 17.1 Å². The molecule has 86 valence electrons. The first-order valence-electron chi connectivity index (χ1n) is 4.22. The Morgan fingerprint density at radius 1 is 1.33 bits per heavy atom. The molecule has 1 aliphatic rings. The summed E-state index contributed by atoms with van der Waals surface area (Å²) in [7, 11) is 0. The molecule has 1 unspecified atom stereocenters. The zero-order chi connectivity index (χ0) is 12.0. The van der Waals surface area contributed by atoms with Gasteiger partial charge in [-0.3, -0.25) is 4.79 Å². The first-order chi connectivity index (χ1) is 6.58. The molecule has 6 heteroatoms. The van der Waals surface area contributed by atoms with Crippen LogP contribution in [0.5, 0.6) is 0 Å². The average molecular weight is 261 g/mol. The van der Waals surface area contributed by atoms with Gasteiger partial charge in [-0.2, -0.15) is 13.2 Å². The van der Waals surface area contributed by atoms with Crippen molar-refractivity contribution in [3.63, 3.8) is 0 Å². The Labute approximate surface area is 95.2 Å². The molecule has 2 atom stereocenters. The number of rotatable bonds is 2. The standard InChI is InChI=1S/C9H9Cl2F3O/c1-8(2)4(6(8)7(11)15)3-5(10)9(12,13)14/h3-4,6H,1-2H3/t4?,6-/m1/s1. The van der Waals surface area contributed by atoms with Crippen molar-refractivity contribution < 1.29 is 18.0 Å². The summed E-state index contributed by atoms with van der Waals surface area (Å²) in [6.07, 6.45) is -3.69. The molecule has 1 saturated carbocycles. The molecular weight excluding hydrogens is 252 g/mol. The van der Waals surface area contributed by atoms with Gasteiger partial charge in [0, 0.05) is 5.92 Å². The quantitative estimate of drug-likeness (QED) is 0.692. The molecule has 15 heavy (non-hydrogen) atoms. The van der Waals surface area contributed by atoms with E-state index in [4.69, 9.17) is 23.2 Å². The third-order valence-corrected chi connectivity index (χ3v) is 3.33. The maximum atomic E-state index is 12.1. The molecule has 0 aliphatic heterocycles. The summed E-state index contributed by atoms with van der Waals surface area (Å²) < 4.78 is 36.3. The molecule has 0 aromatic carbocycles. The van der Waals surface area contributed by atoms with E-state index in [0.717, 1.165) is 6.08 Å². The fourth-order valence-electron chi connectivity index (χ4n) is 1.67. The largest absolute Gasteiger partial charge is 0.426 e. The highest BCUT2D eigenvalue weighted by Gasteiger charge is 2.60. The number of alkyl halides is 3. The minimum absolute atomic E-state index is 0.531. The van der Waals surface area contributed by atoms with Crippen LogP contribution in [0.25, 0.3) is 0 Å². The SMILES string of the molecule is CC1(C)C(C=C(Cl)C(F)(F)F)[C@@H]1C(=O)Cl. The summed E-state index contributed by atoms with van der Waals surface area (Å²) >= 11 is 10.3. The van der Waals surface area contributed by atoms with E-state index in [1.807, 2.05) is 0 Å². The molecule has 1 rings (SSSR count). The fourth-order valence-corrected chi connectivity index (χ4v) is 2.23. The van der Waals surface area contributed by atoms with Crippen LogP contribution < -0.4 is 0 Å². The number of carbonyl (C=O) groups excluding carboxylic acids is 1. The van der Waals surface area contributed by atoms with E-state index in [0.29, 0.717) is 0 Å². The van der Waals surface area contributed by atoms with Gasteiger partial charge in [-0.1, -0.05) is 31.5 Å². The molecule has 0 radical (unpaired) electrons. The molecule has 1 fully saturated rings. The molecule has 0 aromatic heterocycles. The van der Waals surface area contributed by atoms with Crippen LogP contribution in [0.1, 0.15) is 13.8 Å². The molecule has 1 nitrogen and oxygen atoms in total. The van der Waals surface area contributed by atoms with Crippen LogP contribution in [0.4, 0.5) is 13.2 Å². The Hall–Kier alpha value is -0.220. The lowest BCUT2D eigenvalue weighted by molar-refractivity contribution is -0.113. The van der Waals surface area contributed by atoms with Crippen molar-refractivity contribution in [2.75, 3.05) is 0 Å². The minimum atomic E-state index is -4.56. The Balaban J connectivity index is 2.83. The Bertz CT molecular complexity index is 320. The predicted octanol–water partition coefficient (Wildman–Crippen LogP) is 3.71. The number of hydrogen-bond donors (Lipinski definition) is 0. The minimum Gasteiger partial charge on any atom is -0.281 e. The predicted molar refractivity (Wildman–Crippen MR) is 51.6 cm³/mol. The maximum Gasteiger partial charge on any atom is 0.426 e. The van der Waals surface area contributed by atoms with Crippen LogP contribution in [0.2, 0.25) is 0 Å². The number of carbonyl (C=O) groups is 1. The first kappa shape index (κ1) is 12.8. The van der Waals surface area contributed by atoms with Crippen molar-refractivity contribution in [3.8, 4) is 0 Å². The second kappa shape index (κ2) is 3.67. The lowest BCUT2D eigenvalue weighted by Crippen LogP contribution is -2.07. The van der Waals surface area contributed by atoms with Gasteiger partial charge < -0.3 is 0 Å². The van der Waals surface area contributed by atoms with Gasteiger partial charge in [0.2, 0.25) is 5.24 Å². The normalized spacial score (nSPS) is 30.2. The molecule has 0 aromatic rings. The van der Waals surface area contributed by atoms with Crippen LogP contribution >= 0.6 is 23.2 Å². The Morgan fingerprint density at radius 3 is 2.07 bits per heavy atom. The van der Waals surface area contributed by atoms with Crippen molar-refractivity contribution in [3.05, 3.63) is 11.1 Å². The van der Waals surface area contributed by atoms with Crippen LogP contribution in [0.3, 0.4) is 0 Å². The van der Waals surface area contributed by atoms with Gasteiger partial charge in [-0.15, -0.1) is 0 Å². The third kappa shape index (κ3) is 2.48. The Kier molecular flexibility index (Phi) is 3.14. The van der Waals surface area contributed by atoms with Crippen molar-refractivity contribution in [2.45, 2.75) is 20.0 Å². The summed E-state index contributed by atoms with van der Waals surface area (Å²) in [6.45, 7) is 3.36. The number of allylic oxidation sites excluding steroid dienone is 2. The molecular formula is C9H9Cl2F3O. The maximum absolute atomic E-state index is 12.1. The summed E-state index contributed by atoms with van der Waals surface area (Å²) in [6, 6.07) is 0. The zero-order valence-corrected chi connectivity index (χ0v) is 9.54. The summed E-state index contributed by atoms with van der Waals surface area (Å²) in [5.41, 5.74) is -0.537. The van der Waals surface area contributed by atoms with E-state index >= 15 is 0 Å². The molecule has 1 aliphatic carbocycles. The van der Waals surface area contributed by atoms with Gasteiger partial charge in [-0.05, 0) is 22.9 Å². The molecule has 0 spiro atoms. The van der Waals surface area contributed by atoms with Crippen molar-refractivity contribution in [2.24, 2.45) is 17.3 Å². The van der Waals surface area contributed by atoms with Crippen LogP contribution in [-0.4, -0.2) is 11.4 Å².